The van der Waals surface area contributed by atoms with Crippen LogP contribution in [0, 0.1) is 0 Å². The van der Waals surface area contributed by atoms with Crippen LogP contribution in [0.2, 0.25) is 0 Å². The lowest BCUT2D eigenvalue weighted by atomic mass is 10.0. The van der Waals surface area contributed by atoms with Gasteiger partial charge in [-0.25, -0.2) is 0 Å². The second-order valence-electron chi connectivity index (χ2n) is 5.05. The third kappa shape index (κ3) is 4.31. The Bertz CT molecular complexity index is 615. The summed E-state index contributed by atoms with van der Waals surface area (Å²) in [4.78, 5) is 0. The number of halogens is 2. The summed E-state index contributed by atoms with van der Waals surface area (Å²) in [5, 5.41) is 3.62. The van der Waals surface area contributed by atoms with Crippen molar-refractivity contribution in [2.24, 2.45) is 0 Å². The van der Waals surface area contributed by atoms with E-state index >= 15 is 0 Å². The molecule has 2 rings (SSSR count). The highest BCUT2D eigenvalue weighted by Crippen LogP contribution is 2.29. The minimum absolute atomic E-state index is 0.241. The summed E-state index contributed by atoms with van der Waals surface area (Å²) < 4.78 is 7.47. The van der Waals surface area contributed by atoms with E-state index in [1.54, 1.807) is 7.11 Å². The van der Waals surface area contributed by atoms with Crippen molar-refractivity contribution < 1.29 is 4.74 Å². The molecule has 0 saturated carbocycles. The van der Waals surface area contributed by atoms with Crippen molar-refractivity contribution in [2.45, 2.75) is 25.9 Å². The van der Waals surface area contributed by atoms with Crippen molar-refractivity contribution in [3.8, 4) is 5.75 Å². The van der Waals surface area contributed by atoms with Crippen LogP contribution in [0.5, 0.6) is 5.75 Å². The number of rotatable bonds is 5. The van der Waals surface area contributed by atoms with E-state index in [0.29, 0.717) is 0 Å². The van der Waals surface area contributed by atoms with Crippen LogP contribution in [-0.4, -0.2) is 7.11 Å². The predicted molar refractivity (Wildman–Crippen MR) is 94.8 cm³/mol. The summed E-state index contributed by atoms with van der Waals surface area (Å²) in [6.07, 6.45) is 0. The molecule has 0 aliphatic rings. The Kier molecular flexibility index (Phi) is 5.85. The molecule has 2 nitrogen and oxygen atoms in total. The maximum absolute atomic E-state index is 5.29. The van der Waals surface area contributed by atoms with Gasteiger partial charge in [-0.1, -0.05) is 50.1 Å². The maximum atomic E-state index is 5.29. The van der Waals surface area contributed by atoms with Crippen molar-refractivity contribution >= 4 is 31.9 Å². The largest absolute Gasteiger partial charge is 0.497 e. The molecule has 2 atom stereocenters. The molecular formula is C17H19Br2NO. The van der Waals surface area contributed by atoms with E-state index in [1.165, 1.54) is 11.1 Å². The van der Waals surface area contributed by atoms with Gasteiger partial charge in [0.25, 0.3) is 0 Å². The smallest absolute Gasteiger partial charge is 0.119 e. The Labute approximate surface area is 143 Å². The van der Waals surface area contributed by atoms with Gasteiger partial charge in [-0.05, 0) is 49.2 Å². The van der Waals surface area contributed by atoms with Crippen LogP contribution in [0.1, 0.15) is 37.1 Å². The van der Waals surface area contributed by atoms with Gasteiger partial charge in [0.1, 0.15) is 5.75 Å². The number of hydrogen-bond acceptors (Lipinski definition) is 2. The van der Waals surface area contributed by atoms with E-state index < -0.39 is 0 Å². The molecule has 2 aromatic rings. The molecule has 112 valence electrons. The summed E-state index contributed by atoms with van der Waals surface area (Å²) in [6, 6.07) is 14.9. The summed E-state index contributed by atoms with van der Waals surface area (Å²) in [6.45, 7) is 4.34. The highest BCUT2D eigenvalue weighted by Gasteiger charge is 2.14. The SMILES string of the molecule is COc1cccc([C@@H](C)NC(C)c2ccc(Br)cc2Br)c1. The fraction of sp³-hybridized carbons (Fsp3) is 0.294. The fourth-order valence-electron chi connectivity index (χ4n) is 2.32. The molecule has 0 saturated heterocycles. The Balaban J connectivity index is 2.12. The maximum Gasteiger partial charge on any atom is 0.119 e. The summed E-state index contributed by atoms with van der Waals surface area (Å²) in [5.41, 5.74) is 2.46. The van der Waals surface area contributed by atoms with Crippen LogP contribution < -0.4 is 10.1 Å². The van der Waals surface area contributed by atoms with Crippen LogP contribution in [0.4, 0.5) is 0 Å². The molecule has 0 heterocycles. The van der Waals surface area contributed by atoms with Crippen LogP contribution >= 0.6 is 31.9 Å². The standard InChI is InChI=1S/C17H19Br2NO/c1-11(13-5-4-6-15(9-13)21-3)20-12(2)16-8-7-14(18)10-17(16)19/h4-12,20H,1-3H3/t11-,12?/m1/s1. The average Bonchev–Trinajstić information content (AvgIpc) is 2.47. The average molecular weight is 413 g/mol. The zero-order chi connectivity index (χ0) is 15.4. The number of nitrogens with one attached hydrogen (secondary N) is 1. The van der Waals surface area contributed by atoms with E-state index in [9.17, 15) is 0 Å². The number of benzene rings is 2. The molecule has 1 N–H and O–H groups in total. The molecule has 1 unspecified atom stereocenters. The lowest BCUT2D eigenvalue weighted by Crippen LogP contribution is -2.22. The van der Waals surface area contributed by atoms with Gasteiger partial charge >= 0.3 is 0 Å². The predicted octanol–water partition coefficient (Wildman–Crippen LogP) is 5.63. The van der Waals surface area contributed by atoms with Gasteiger partial charge in [-0.3, -0.25) is 0 Å². The monoisotopic (exact) mass is 411 g/mol. The van der Waals surface area contributed by atoms with E-state index in [1.807, 2.05) is 12.1 Å². The van der Waals surface area contributed by atoms with Gasteiger partial charge in [-0.15, -0.1) is 0 Å². The highest BCUT2D eigenvalue weighted by atomic mass is 79.9. The van der Waals surface area contributed by atoms with Gasteiger partial charge in [0.05, 0.1) is 7.11 Å². The molecule has 4 heteroatoms. The van der Waals surface area contributed by atoms with Crippen molar-refractivity contribution in [2.75, 3.05) is 7.11 Å². The quantitative estimate of drug-likeness (QED) is 0.686. The number of hydrogen-bond donors (Lipinski definition) is 1. The molecular weight excluding hydrogens is 394 g/mol. The molecule has 0 aliphatic heterocycles. The van der Waals surface area contributed by atoms with Crippen molar-refractivity contribution in [1.82, 2.24) is 5.32 Å². The van der Waals surface area contributed by atoms with E-state index in [2.05, 4.69) is 81.4 Å². The first-order chi connectivity index (χ1) is 10.0. The second kappa shape index (κ2) is 7.43. The number of methoxy groups -OCH3 is 1. The summed E-state index contributed by atoms with van der Waals surface area (Å²) >= 11 is 7.11. The zero-order valence-electron chi connectivity index (χ0n) is 12.4. The normalized spacial score (nSPS) is 13.8. The third-order valence-electron chi connectivity index (χ3n) is 3.52. The Hall–Kier alpha value is -0.840. The van der Waals surface area contributed by atoms with Crippen LogP contribution in [0.15, 0.2) is 51.4 Å². The highest BCUT2D eigenvalue weighted by molar-refractivity contribution is 9.11. The molecule has 0 spiro atoms. The molecule has 21 heavy (non-hydrogen) atoms. The Morgan fingerprint density at radius 3 is 2.43 bits per heavy atom. The lowest BCUT2D eigenvalue weighted by molar-refractivity contribution is 0.412. The first kappa shape index (κ1) is 16.5. The topological polar surface area (TPSA) is 21.3 Å². The van der Waals surface area contributed by atoms with Crippen LogP contribution in [0.25, 0.3) is 0 Å². The minimum Gasteiger partial charge on any atom is -0.497 e. The molecule has 0 fully saturated rings. The summed E-state index contributed by atoms with van der Waals surface area (Å²) in [7, 11) is 1.69. The van der Waals surface area contributed by atoms with Gasteiger partial charge in [-0.2, -0.15) is 0 Å². The molecule has 0 amide bonds. The summed E-state index contributed by atoms with van der Waals surface area (Å²) in [5.74, 6) is 0.888. The van der Waals surface area contributed by atoms with Crippen LogP contribution in [-0.2, 0) is 0 Å². The van der Waals surface area contributed by atoms with Gasteiger partial charge in [0, 0.05) is 21.0 Å². The van der Waals surface area contributed by atoms with Crippen molar-refractivity contribution in [3.05, 3.63) is 62.5 Å². The first-order valence-corrected chi connectivity index (χ1v) is 8.45. The molecule has 2 aromatic carbocycles. The molecule has 0 bridgehead atoms. The fourth-order valence-corrected chi connectivity index (χ4v) is 3.71. The van der Waals surface area contributed by atoms with Gasteiger partial charge in [0.2, 0.25) is 0 Å². The second-order valence-corrected chi connectivity index (χ2v) is 6.82. The third-order valence-corrected chi connectivity index (χ3v) is 4.70. The Morgan fingerprint density at radius 2 is 1.76 bits per heavy atom. The molecule has 0 aliphatic carbocycles. The van der Waals surface area contributed by atoms with E-state index in [4.69, 9.17) is 4.74 Å². The van der Waals surface area contributed by atoms with E-state index in [-0.39, 0.29) is 12.1 Å². The number of ether oxygens (including phenoxy) is 1. The van der Waals surface area contributed by atoms with Gasteiger partial charge in [0.15, 0.2) is 0 Å². The van der Waals surface area contributed by atoms with Gasteiger partial charge < -0.3 is 10.1 Å². The zero-order valence-corrected chi connectivity index (χ0v) is 15.5. The lowest BCUT2D eigenvalue weighted by Gasteiger charge is -2.22. The minimum atomic E-state index is 0.241. The first-order valence-electron chi connectivity index (χ1n) is 6.86. The Morgan fingerprint density at radius 1 is 1.00 bits per heavy atom. The van der Waals surface area contributed by atoms with E-state index in [0.717, 1.165) is 14.7 Å². The van der Waals surface area contributed by atoms with Crippen LogP contribution in [0.3, 0.4) is 0 Å². The molecule has 0 radical (unpaired) electrons. The van der Waals surface area contributed by atoms with Crippen molar-refractivity contribution in [1.29, 1.82) is 0 Å². The molecule has 0 aromatic heterocycles. The van der Waals surface area contributed by atoms with Crippen molar-refractivity contribution in [3.63, 3.8) is 0 Å².